The van der Waals surface area contributed by atoms with Crippen LogP contribution in [0, 0.1) is 0 Å². The smallest absolute Gasteiger partial charge is 0.223 e. The van der Waals surface area contributed by atoms with Crippen LogP contribution in [0.15, 0.2) is 24.3 Å². The van der Waals surface area contributed by atoms with Crippen molar-refractivity contribution in [2.24, 2.45) is 0 Å². The van der Waals surface area contributed by atoms with E-state index in [1.807, 2.05) is 4.90 Å². The maximum absolute atomic E-state index is 12.2. The van der Waals surface area contributed by atoms with Crippen LogP contribution in [-0.4, -0.2) is 30.4 Å². The molecule has 3 rings (SSSR count). The molecule has 0 aromatic heterocycles. The largest absolute Gasteiger partial charge is 0.343 e. The number of carbonyl (C=O) groups is 1. The van der Waals surface area contributed by atoms with Crippen molar-refractivity contribution in [2.45, 2.75) is 51.0 Å². The number of hydrogen-bond acceptors (Lipinski definition) is 2. The number of piperidine rings is 1. The highest BCUT2D eigenvalue weighted by molar-refractivity contribution is 5.76. The highest BCUT2D eigenvalue weighted by Gasteiger charge is 2.20. The first-order valence-corrected chi connectivity index (χ1v) is 8.43. The standard InChI is InChI=1S/C18H26N2O/c21-18(20-13-4-1-5-14-20)11-12-19-17-10-6-8-15-7-2-3-9-16(15)17/h2-3,7,9,17,19H,1,4-6,8,10-14H2. The second-order valence-electron chi connectivity index (χ2n) is 6.29. The van der Waals surface area contributed by atoms with Crippen molar-refractivity contribution in [1.82, 2.24) is 10.2 Å². The fraction of sp³-hybridized carbons (Fsp3) is 0.611. The number of aryl methyl sites for hydroxylation is 1. The van der Waals surface area contributed by atoms with Gasteiger partial charge in [0.05, 0.1) is 0 Å². The van der Waals surface area contributed by atoms with Gasteiger partial charge in [-0.05, 0) is 49.7 Å². The third-order valence-electron chi connectivity index (χ3n) is 4.81. The molecule has 1 N–H and O–H groups in total. The van der Waals surface area contributed by atoms with Gasteiger partial charge < -0.3 is 10.2 Å². The van der Waals surface area contributed by atoms with Gasteiger partial charge >= 0.3 is 0 Å². The summed E-state index contributed by atoms with van der Waals surface area (Å²) in [6.45, 7) is 2.73. The normalized spacial score (nSPS) is 21.9. The zero-order chi connectivity index (χ0) is 14.5. The number of benzene rings is 1. The van der Waals surface area contributed by atoms with Gasteiger partial charge in [0.25, 0.3) is 0 Å². The minimum absolute atomic E-state index is 0.325. The number of likely N-dealkylation sites (tertiary alicyclic amines) is 1. The molecule has 1 aromatic carbocycles. The van der Waals surface area contributed by atoms with Crippen LogP contribution in [0.1, 0.15) is 55.7 Å². The predicted octanol–water partition coefficient (Wildman–Crippen LogP) is 3.06. The first kappa shape index (κ1) is 14.6. The Balaban J connectivity index is 1.48. The Morgan fingerprint density at radius 1 is 1.14 bits per heavy atom. The van der Waals surface area contributed by atoms with E-state index in [1.165, 1.54) is 49.7 Å². The Labute approximate surface area is 127 Å². The van der Waals surface area contributed by atoms with Crippen molar-refractivity contribution in [3.63, 3.8) is 0 Å². The lowest BCUT2D eigenvalue weighted by Crippen LogP contribution is -2.37. The molecule has 1 amide bonds. The van der Waals surface area contributed by atoms with E-state index in [0.717, 1.165) is 19.6 Å². The van der Waals surface area contributed by atoms with E-state index in [0.29, 0.717) is 18.4 Å². The van der Waals surface area contributed by atoms with Crippen LogP contribution in [-0.2, 0) is 11.2 Å². The van der Waals surface area contributed by atoms with Crippen LogP contribution in [0.5, 0.6) is 0 Å². The van der Waals surface area contributed by atoms with Crippen LogP contribution in [0.2, 0.25) is 0 Å². The SMILES string of the molecule is O=C(CCNC1CCCc2ccccc21)N1CCCCC1. The van der Waals surface area contributed by atoms with Crippen LogP contribution in [0.4, 0.5) is 0 Å². The maximum Gasteiger partial charge on any atom is 0.223 e. The molecule has 1 aliphatic heterocycles. The van der Waals surface area contributed by atoms with E-state index in [4.69, 9.17) is 0 Å². The average molecular weight is 286 g/mol. The van der Waals surface area contributed by atoms with Crippen LogP contribution >= 0.6 is 0 Å². The average Bonchev–Trinajstić information content (AvgIpc) is 2.56. The molecule has 1 saturated heterocycles. The van der Waals surface area contributed by atoms with Gasteiger partial charge in [-0.15, -0.1) is 0 Å². The molecular weight excluding hydrogens is 260 g/mol. The van der Waals surface area contributed by atoms with E-state index >= 15 is 0 Å². The summed E-state index contributed by atoms with van der Waals surface area (Å²) in [6.07, 6.45) is 7.90. The summed E-state index contributed by atoms with van der Waals surface area (Å²) in [7, 11) is 0. The van der Waals surface area contributed by atoms with Gasteiger partial charge in [-0.25, -0.2) is 0 Å². The number of rotatable bonds is 4. The molecule has 21 heavy (non-hydrogen) atoms. The first-order valence-electron chi connectivity index (χ1n) is 8.43. The second-order valence-corrected chi connectivity index (χ2v) is 6.29. The Morgan fingerprint density at radius 3 is 2.81 bits per heavy atom. The van der Waals surface area contributed by atoms with E-state index < -0.39 is 0 Å². The fourth-order valence-electron chi connectivity index (χ4n) is 3.62. The molecule has 0 bridgehead atoms. The summed E-state index contributed by atoms with van der Waals surface area (Å²) < 4.78 is 0. The van der Waals surface area contributed by atoms with Crippen molar-refractivity contribution in [2.75, 3.05) is 19.6 Å². The molecule has 1 heterocycles. The molecule has 1 atom stereocenters. The number of nitrogens with one attached hydrogen (secondary N) is 1. The third-order valence-corrected chi connectivity index (χ3v) is 4.81. The minimum atomic E-state index is 0.325. The Morgan fingerprint density at radius 2 is 1.95 bits per heavy atom. The van der Waals surface area contributed by atoms with Crippen LogP contribution < -0.4 is 5.32 Å². The van der Waals surface area contributed by atoms with Crippen LogP contribution in [0.25, 0.3) is 0 Å². The first-order chi connectivity index (χ1) is 10.3. The number of hydrogen-bond donors (Lipinski definition) is 1. The quantitative estimate of drug-likeness (QED) is 0.922. The molecule has 114 valence electrons. The summed E-state index contributed by atoms with van der Waals surface area (Å²) in [6, 6.07) is 9.16. The number of carbonyl (C=O) groups excluding carboxylic acids is 1. The summed E-state index contributed by atoms with van der Waals surface area (Å²) in [5.74, 6) is 0.325. The van der Waals surface area contributed by atoms with E-state index in [-0.39, 0.29) is 0 Å². The lowest BCUT2D eigenvalue weighted by Gasteiger charge is -2.28. The minimum Gasteiger partial charge on any atom is -0.343 e. The summed E-state index contributed by atoms with van der Waals surface area (Å²) in [5.41, 5.74) is 2.91. The highest BCUT2D eigenvalue weighted by atomic mass is 16.2. The monoisotopic (exact) mass is 286 g/mol. The van der Waals surface area contributed by atoms with Gasteiger partial charge in [-0.1, -0.05) is 24.3 Å². The molecule has 1 aromatic rings. The van der Waals surface area contributed by atoms with Gasteiger partial charge in [-0.2, -0.15) is 0 Å². The molecule has 1 fully saturated rings. The predicted molar refractivity (Wildman–Crippen MR) is 85.2 cm³/mol. The van der Waals surface area contributed by atoms with E-state index in [1.54, 1.807) is 0 Å². The molecular formula is C18H26N2O. The van der Waals surface area contributed by atoms with E-state index in [2.05, 4.69) is 29.6 Å². The summed E-state index contributed by atoms with van der Waals surface area (Å²) in [4.78, 5) is 14.2. The van der Waals surface area contributed by atoms with Crippen LogP contribution in [0.3, 0.4) is 0 Å². The molecule has 0 spiro atoms. The number of amides is 1. The Hall–Kier alpha value is -1.35. The molecule has 3 nitrogen and oxygen atoms in total. The lowest BCUT2D eigenvalue weighted by molar-refractivity contribution is -0.132. The lowest BCUT2D eigenvalue weighted by atomic mass is 9.88. The second kappa shape index (κ2) is 7.08. The molecule has 0 radical (unpaired) electrons. The molecule has 2 aliphatic rings. The van der Waals surface area contributed by atoms with E-state index in [9.17, 15) is 4.79 Å². The zero-order valence-corrected chi connectivity index (χ0v) is 12.8. The maximum atomic E-state index is 12.2. The number of fused-ring (bicyclic) bond motifs is 1. The Bertz CT molecular complexity index is 480. The highest BCUT2D eigenvalue weighted by Crippen LogP contribution is 2.29. The van der Waals surface area contributed by atoms with Gasteiger partial charge in [0, 0.05) is 32.1 Å². The molecule has 3 heteroatoms. The van der Waals surface area contributed by atoms with Crippen molar-refractivity contribution in [3.05, 3.63) is 35.4 Å². The van der Waals surface area contributed by atoms with Gasteiger partial charge in [-0.3, -0.25) is 4.79 Å². The third kappa shape index (κ3) is 3.65. The van der Waals surface area contributed by atoms with Gasteiger partial charge in [0.2, 0.25) is 5.91 Å². The number of nitrogens with zero attached hydrogens (tertiary/aromatic N) is 1. The summed E-state index contributed by atoms with van der Waals surface area (Å²) >= 11 is 0. The zero-order valence-electron chi connectivity index (χ0n) is 12.8. The molecule has 0 saturated carbocycles. The van der Waals surface area contributed by atoms with Crippen molar-refractivity contribution in [1.29, 1.82) is 0 Å². The van der Waals surface area contributed by atoms with Crippen molar-refractivity contribution in [3.8, 4) is 0 Å². The van der Waals surface area contributed by atoms with Crippen molar-refractivity contribution >= 4 is 5.91 Å². The molecule has 1 unspecified atom stereocenters. The van der Waals surface area contributed by atoms with Crippen molar-refractivity contribution < 1.29 is 4.79 Å². The van der Waals surface area contributed by atoms with Gasteiger partial charge in [0.15, 0.2) is 0 Å². The summed E-state index contributed by atoms with van der Waals surface area (Å²) in [5, 5.41) is 3.60. The van der Waals surface area contributed by atoms with Gasteiger partial charge in [0.1, 0.15) is 0 Å². The Kier molecular flexibility index (Phi) is 4.91. The topological polar surface area (TPSA) is 32.3 Å². The fourth-order valence-corrected chi connectivity index (χ4v) is 3.62. The molecule has 1 aliphatic carbocycles.